The lowest BCUT2D eigenvalue weighted by atomic mass is 9.95. The maximum Gasteiger partial charge on any atom is 0.0764 e. The van der Waals surface area contributed by atoms with Crippen LogP contribution in [0.4, 0.5) is 0 Å². The first-order valence-electron chi connectivity index (χ1n) is 6.64. The standard InChI is InChI=1S/C13H24N4/c1-3-17(10-12-6-9-16(2)15-12)13(11-14)7-4-5-8-13/h6,9H,3-5,7-8,10-11,14H2,1-2H3. The Kier molecular flexibility index (Phi) is 3.84. The maximum atomic E-state index is 6.04. The van der Waals surface area contributed by atoms with Crippen LogP contribution in [0.2, 0.25) is 0 Å². The van der Waals surface area contributed by atoms with Gasteiger partial charge in [0.2, 0.25) is 0 Å². The summed E-state index contributed by atoms with van der Waals surface area (Å²) in [5.74, 6) is 0. The lowest BCUT2D eigenvalue weighted by molar-refractivity contribution is 0.0954. The Labute approximate surface area is 104 Å². The summed E-state index contributed by atoms with van der Waals surface area (Å²) in [5, 5.41) is 4.47. The smallest absolute Gasteiger partial charge is 0.0764 e. The Morgan fingerprint density at radius 1 is 1.47 bits per heavy atom. The van der Waals surface area contributed by atoms with Gasteiger partial charge in [0.15, 0.2) is 0 Å². The van der Waals surface area contributed by atoms with Gasteiger partial charge in [0.05, 0.1) is 5.69 Å². The summed E-state index contributed by atoms with van der Waals surface area (Å²) < 4.78 is 1.87. The molecule has 4 nitrogen and oxygen atoms in total. The highest BCUT2D eigenvalue weighted by atomic mass is 15.3. The van der Waals surface area contributed by atoms with Gasteiger partial charge in [-0.2, -0.15) is 5.10 Å². The Bertz CT molecular complexity index is 352. The third-order valence-corrected chi connectivity index (χ3v) is 4.09. The molecule has 0 spiro atoms. The molecule has 4 heteroatoms. The molecular formula is C13H24N4. The number of nitrogens with two attached hydrogens (primary N) is 1. The second-order valence-electron chi connectivity index (χ2n) is 5.13. The van der Waals surface area contributed by atoms with Crippen LogP contribution in [0.3, 0.4) is 0 Å². The van der Waals surface area contributed by atoms with Crippen LogP contribution in [-0.4, -0.2) is 33.3 Å². The summed E-state index contributed by atoms with van der Waals surface area (Å²) in [6, 6.07) is 2.10. The first-order chi connectivity index (χ1) is 8.20. The Morgan fingerprint density at radius 2 is 2.18 bits per heavy atom. The van der Waals surface area contributed by atoms with Crippen molar-refractivity contribution in [3.63, 3.8) is 0 Å². The minimum atomic E-state index is 0.228. The zero-order chi connectivity index (χ0) is 12.3. The number of likely N-dealkylation sites (N-methyl/N-ethyl adjacent to an activating group) is 1. The van der Waals surface area contributed by atoms with E-state index < -0.39 is 0 Å². The van der Waals surface area contributed by atoms with Crippen molar-refractivity contribution in [2.45, 2.75) is 44.7 Å². The van der Waals surface area contributed by atoms with Gasteiger partial charge in [-0.05, 0) is 25.5 Å². The van der Waals surface area contributed by atoms with Gasteiger partial charge in [-0.25, -0.2) is 0 Å². The largest absolute Gasteiger partial charge is 0.329 e. The highest BCUT2D eigenvalue weighted by Gasteiger charge is 2.37. The van der Waals surface area contributed by atoms with Crippen molar-refractivity contribution in [3.8, 4) is 0 Å². The lowest BCUT2D eigenvalue weighted by Crippen LogP contribution is -2.51. The molecule has 1 aromatic rings. The van der Waals surface area contributed by atoms with E-state index in [0.29, 0.717) is 0 Å². The molecule has 0 aromatic carbocycles. The van der Waals surface area contributed by atoms with E-state index in [4.69, 9.17) is 5.73 Å². The summed E-state index contributed by atoms with van der Waals surface area (Å²) in [4.78, 5) is 2.52. The summed E-state index contributed by atoms with van der Waals surface area (Å²) in [6.07, 6.45) is 7.12. The fraction of sp³-hybridized carbons (Fsp3) is 0.769. The van der Waals surface area contributed by atoms with Gasteiger partial charge in [0.1, 0.15) is 0 Å². The molecule has 17 heavy (non-hydrogen) atoms. The van der Waals surface area contributed by atoms with Gasteiger partial charge >= 0.3 is 0 Å². The number of hydrogen-bond donors (Lipinski definition) is 1. The fourth-order valence-corrected chi connectivity index (χ4v) is 3.04. The molecule has 2 N–H and O–H groups in total. The molecule has 0 radical (unpaired) electrons. The van der Waals surface area contributed by atoms with E-state index in [0.717, 1.165) is 25.3 Å². The van der Waals surface area contributed by atoms with Crippen LogP contribution in [0.1, 0.15) is 38.3 Å². The van der Waals surface area contributed by atoms with E-state index in [1.165, 1.54) is 25.7 Å². The highest BCUT2D eigenvalue weighted by Crippen LogP contribution is 2.35. The lowest BCUT2D eigenvalue weighted by Gasteiger charge is -2.39. The molecule has 0 amide bonds. The molecule has 0 bridgehead atoms. The molecule has 1 aliphatic rings. The molecule has 1 heterocycles. The average Bonchev–Trinajstić information content (AvgIpc) is 2.95. The topological polar surface area (TPSA) is 47.1 Å². The summed E-state index contributed by atoms with van der Waals surface area (Å²) in [6.45, 7) is 4.97. The summed E-state index contributed by atoms with van der Waals surface area (Å²) >= 11 is 0. The molecule has 0 atom stereocenters. The predicted molar refractivity (Wildman–Crippen MR) is 69.5 cm³/mol. The summed E-state index contributed by atoms with van der Waals surface area (Å²) in [7, 11) is 1.97. The van der Waals surface area contributed by atoms with Crippen LogP contribution in [0.5, 0.6) is 0 Å². The molecular weight excluding hydrogens is 212 g/mol. The van der Waals surface area contributed by atoms with Crippen molar-refractivity contribution in [2.75, 3.05) is 13.1 Å². The Hall–Kier alpha value is -0.870. The van der Waals surface area contributed by atoms with Gasteiger partial charge in [-0.1, -0.05) is 19.8 Å². The molecule has 1 aliphatic carbocycles. The van der Waals surface area contributed by atoms with Gasteiger partial charge < -0.3 is 5.73 Å². The van der Waals surface area contributed by atoms with Gasteiger partial charge in [0.25, 0.3) is 0 Å². The van der Waals surface area contributed by atoms with E-state index in [-0.39, 0.29) is 5.54 Å². The quantitative estimate of drug-likeness (QED) is 0.843. The first kappa shape index (κ1) is 12.6. The monoisotopic (exact) mass is 236 g/mol. The normalized spacial score (nSPS) is 19.1. The predicted octanol–water partition coefficient (Wildman–Crippen LogP) is 1.51. The number of hydrogen-bond acceptors (Lipinski definition) is 3. The fourth-order valence-electron chi connectivity index (χ4n) is 3.04. The van der Waals surface area contributed by atoms with Crippen LogP contribution in [0.15, 0.2) is 12.3 Å². The molecule has 2 rings (SSSR count). The second-order valence-corrected chi connectivity index (χ2v) is 5.13. The zero-order valence-electron chi connectivity index (χ0n) is 11.0. The molecule has 1 aromatic heterocycles. The van der Waals surface area contributed by atoms with Crippen LogP contribution in [-0.2, 0) is 13.6 Å². The van der Waals surface area contributed by atoms with Gasteiger partial charge in [-0.15, -0.1) is 0 Å². The van der Waals surface area contributed by atoms with Crippen molar-refractivity contribution >= 4 is 0 Å². The molecule has 0 saturated heterocycles. The Balaban J connectivity index is 2.10. The number of nitrogens with zero attached hydrogens (tertiary/aromatic N) is 3. The van der Waals surface area contributed by atoms with Crippen molar-refractivity contribution in [3.05, 3.63) is 18.0 Å². The third kappa shape index (κ3) is 2.53. The van der Waals surface area contributed by atoms with Crippen molar-refractivity contribution in [2.24, 2.45) is 12.8 Å². The highest BCUT2D eigenvalue weighted by molar-refractivity contribution is 5.03. The SMILES string of the molecule is CCN(Cc1ccn(C)n1)C1(CN)CCCC1. The van der Waals surface area contributed by atoms with E-state index in [9.17, 15) is 0 Å². The van der Waals surface area contributed by atoms with E-state index in [1.54, 1.807) is 0 Å². The van der Waals surface area contributed by atoms with E-state index >= 15 is 0 Å². The molecule has 96 valence electrons. The number of aryl methyl sites for hydroxylation is 1. The molecule has 0 aliphatic heterocycles. The molecule has 0 unspecified atom stereocenters. The third-order valence-electron chi connectivity index (χ3n) is 4.09. The van der Waals surface area contributed by atoms with Crippen LogP contribution >= 0.6 is 0 Å². The van der Waals surface area contributed by atoms with Crippen LogP contribution < -0.4 is 5.73 Å². The molecule has 1 saturated carbocycles. The number of aromatic nitrogens is 2. The van der Waals surface area contributed by atoms with Gasteiger partial charge in [0, 0.05) is 31.9 Å². The average molecular weight is 236 g/mol. The van der Waals surface area contributed by atoms with E-state index in [1.807, 2.05) is 17.9 Å². The van der Waals surface area contributed by atoms with Crippen molar-refractivity contribution in [1.82, 2.24) is 14.7 Å². The van der Waals surface area contributed by atoms with Gasteiger partial charge in [-0.3, -0.25) is 9.58 Å². The maximum absolute atomic E-state index is 6.04. The van der Waals surface area contributed by atoms with Crippen molar-refractivity contribution in [1.29, 1.82) is 0 Å². The minimum absolute atomic E-state index is 0.228. The Morgan fingerprint density at radius 3 is 2.65 bits per heavy atom. The van der Waals surface area contributed by atoms with Crippen LogP contribution in [0, 0.1) is 0 Å². The second kappa shape index (κ2) is 5.19. The molecule has 1 fully saturated rings. The van der Waals surface area contributed by atoms with Crippen LogP contribution in [0.25, 0.3) is 0 Å². The van der Waals surface area contributed by atoms with E-state index in [2.05, 4.69) is 23.0 Å². The minimum Gasteiger partial charge on any atom is -0.329 e. The van der Waals surface area contributed by atoms with Crippen molar-refractivity contribution < 1.29 is 0 Å². The number of rotatable bonds is 5. The summed E-state index contributed by atoms with van der Waals surface area (Å²) in [5.41, 5.74) is 7.41. The first-order valence-corrected chi connectivity index (χ1v) is 6.64. The zero-order valence-corrected chi connectivity index (χ0v) is 11.0.